The smallest absolute Gasteiger partial charge is 0.417 e. The highest BCUT2D eigenvalue weighted by Crippen LogP contribution is 2.30. The summed E-state index contributed by atoms with van der Waals surface area (Å²) in [7, 11) is 0. The molecule has 0 aromatic rings. The van der Waals surface area contributed by atoms with Gasteiger partial charge in [-0.15, -0.1) is 0 Å². The van der Waals surface area contributed by atoms with Crippen molar-refractivity contribution in [2.24, 2.45) is 0 Å². The fraction of sp³-hybridized carbons (Fsp3) is 0.833. The molecule has 0 aliphatic rings. The molecule has 0 saturated carbocycles. The summed E-state index contributed by atoms with van der Waals surface area (Å²) in [4.78, 5) is 22.1. The third-order valence-electron chi connectivity index (χ3n) is 2.69. The van der Waals surface area contributed by atoms with E-state index in [4.69, 9.17) is 9.84 Å². The van der Waals surface area contributed by atoms with Gasteiger partial charge in [0, 0.05) is 13.2 Å². The molecule has 0 aliphatic carbocycles. The van der Waals surface area contributed by atoms with Crippen molar-refractivity contribution in [2.75, 3.05) is 19.7 Å². The molecule has 1 unspecified atom stereocenters. The van der Waals surface area contributed by atoms with Gasteiger partial charge in [-0.25, -0.2) is 4.79 Å². The second-order valence-electron chi connectivity index (χ2n) is 4.90. The SMILES string of the molecule is CC(C)OCCCNC(=O)CNC(C)(C(=O)O)C(F)(F)F. The Morgan fingerprint density at radius 2 is 1.86 bits per heavy atom. The van der Waals surface area contributed by atoms with Gasteiger partial charge in [0.05, 0.1) is 12.6 Å². The van der Waals surface area contributed by atoms with E-state index in [1.165, 1.54) is 0 Å². The third kappa shape index (κ3) is 6.76. The van der Waals surface area contributed by atoms with Gasteiger partial charge in [-0.1, -0.05) is 0 Å². The van der Waals surface area contributed by atoms with Crippen LogP contribution in [-0.2, 0) is 14.3 Å². The number of amides is 1. The van der Waals surface area contributed by atoms with E-state index in [1.807, 2.05) is 13.8 Å². The van der Waals surface area contributed by atoms with Gasteiger partial charge in [0.25, 0.3) is 0 Å². The van der Waals surface area contributed by atoms with Crippen molar-refractivity contribution < 1.29 is 32.6 Å². The molecule has 0 aliphatic heterocycles. The van der Waals surface area contributed by atoms with E-state index >= 15 is 0 Å². The number of aliphatic carboxylic acids is 1. The fourth-order valence-electron chi connectivity index (χ4n) is 1.24. The summed E-state index contributed by atoms with van der Waals surface area (Å²) in [5, 5.41) is 12.8. The van der Waals surface area contributed by atoms with E-state index in [2.05, 4.69) is 5.32 Å². The van der Waals surface area contributed by atoms with Crippen molar-refractivity contribution >= 4 is 11.9 Å². The van der Waals surface area contributed by atoms with E-state index in [0.717, 1.165) is 0 Å². The van der Waals surface area contributed by atoms with Gasteiger partial charge in [0.1, 0.15) is 0 Å². The van der Waals surface area contributed by atoms with Crippen LogP contribution in [0.15, 0.2) is 0 Å². The number of carbonyl (C=O) groups excluding carboxylic acids is 1. The highest BCUT2D eigenvalue weighted by molar-refractivity contribution is 5.82. The minimum absolute atomic E-state index is 0.0606. The molecule has 0 bridgehead atoms. The van der Waals surface area contributed by atoms with Crippen molar-refractivity contribution in [3.8, 4) is 0 Å². The molecule has 9 heteroatoms. The number of hydrogen-bond donors (Lipinski definition) is 3. The lowest BCUT2D eigenvalue weighted by atomic mass is 10.0. The van der Waals surface area contributed by atoms with Crippen molar-refractivity contribution in [1.82, 2.24) is 10.6 Å². The second-order valence-corrected chi connectivity index (χ2v) is 4.90. The number of ether oxygens (including phenoxy) is 1. The van der Waals surface area contributed by atoms with Gasteiger partial charge in [0.15, 0.2) is 0 Å². The maximum atomic E-state index is 12.6. The Labute approximate surface area is 121 Å². The third-order valence-corrected chi connectivity index (χ3v) is 2.69. The Morgan fingerprint density at radius 3 is 2.29 bits per heavy atom. The van der Waals surface area contributed by atoms with Gasteiger partial charge in [0.2, 0.25) is 11.4 Å². The first-order valence-electron chi connectivity index (χ1n) is 6.44. The van der Waals surface area contributed by atoms with Crippen LogP contribution in [-0.4, -0.2) is 54.5 Å². The molecule has 0 radical (unpaired) electrons. The summed E-state index contributed by atoms with van der Waals surface area (Å²) < 4.78 is 43.1. The topological polar surface area (TPSA) is 87.7 Å². The first-order chi connectivity index (χ1) is 9.50. The first-order valence-corrected chi connectivity index (χ1v) is 6.44. The minimum Gasteiger partial charge on any atom is -0.480 e. The zero-order chi connectivity index (χ0) is 16.7. The molecule has 0 heterocycles. The molecular weight excluding hydrogens is 293 g/mol. The molecule has 1 amide bonds. The van der Waals surface area contributed by atoms with Crippen LogP contribution in [0.5, 0.6) is 0 Å². The summed E-state index contributed by atoms with van der Waals surface area (Å²) in [6, 6.07) is 0. The number of rotatable bonds is 9. The van der Waals surface area contributed by atoms with Crippen LogP contribution in [0, 0.1) is 0 Å². The standard InChI is InChI=1S/C12H21F3N2O4/c1-8(2)21-6-4-5-16-9(18)7-17-11(3,10(19)20)12(13,14)15/h8,17H,4-7H2,1-3H3,(H,16,18)(H,19,20). The number of halogens is 3. The molecule has 0 saturated heterocycles. The predicted molar refractivity (Wildman–Crippen MR) is 68.8 cm³/mol. The van der Waals surface area contributed by atoms with Crippen LogP contribution in [0.25, 0.3) is 0 Å². The van der Waals surface area contributed by atoms with Crippen LogP contribution < -0.4 is 10.6 Å². The Hall–Kier alpha value is -1.35. The number of nitrogens with one attached hydrogen (secondary N) is 2. The molecule has 0 spiro atoms. The monoisotopic (exact) mass is 314 g/mol. The second kappa shape index (κ2) is 8.18. The predicted octanol–water partition coefficient (Wildman–Crippen LogP) is 0.913. The Kier molecular flexibility index (Phi) is 7.65. The summed E-state index contributed by atoms with van der Waals surface area (Å²) in [6.07, 6.45) is -4.44. The van der Waals surface area contributed by atoms with E-state index in [9.17, 15) is 22.8 Å². The van der Waals surface area contributed by atoms with Gasteiger partial charge in [-0.3, -0.25) is 10.1 Å². The van der Waals surface area contributed by atoms with Crippen molar-refractivity contribution in [3.05, 3.63) is 0 Å². The van der Waals surface area contributed by atoms with E-state index in [0.29, 0.717) is 20.0 Å². The molecular formula is C12H21F3N2O4. The van der Waals surface area contributed by atoms with E-state index < -0.39 is 30.1 Å². The highest BCUT2D eigenvalue weighted by atomic mass is 19.4. The first kappa shape index (κ1) is 19.7. The molecule has 1 atom stereocenters. The lowest BCUT2D eigenvalue weighted by molar-refractivity contribution is -0.205. The van der Waals surface area contributed by atoms with Gasteiger partial charge < -0.3 is 15.2 Å². The van der Waals surface area contributed by atoms with Crippen molar-refractivity contribution in [1.29, 1.82) is 0 Å². The number of carbonyl (C=O) groups is 2. The van der Waals surface area contributed by atoms with Crippen molar-refractivity contribution in [3.63, 3.8) is 0 Å². The van der Waals surface area contributed by atoms with Crippen molar-refractivity contribution in [2.45, 2.75) is 45.0 Å². The highest BCUT2D eigenvalue weighted by Gasteiger charge is 2.57. The number of carboxylic acids is 1. The summed E-state index contributed by atoms with van der Waals surface area (Å²) in [5.74, 6) is -2.80. The van der Waals surface area contributed by atoms with Crippen LogP contribution in [0.1, 0.15) is 27.2 Å². The quantitative estimate of drug-likeness (QED) is 0.551. The average molecular weight is 314 g/mol. The Balaban J connectivity index is 4.14. The van der Waals surface area contributed by atoms with Gasteiger partial charge >= 0.3 is 12.1 Å². The number of alkyl halides is 3. The van der Waals surface area contributed by atoms with E-state index in [-0.39, 0.29) is 12.6 Å². The maximum absolute atomic E-state index is 12.6. The minimum atomic E-state index is -5.01. The lowest BCUT2D eigenvalue weighted by Gasteiger charge is -2.28. The summed E-state index contributed by atoms with van der Waals surface area (Å²) in [5.41, 5.74) is -3.16. The van der Waals surface area contributed by atoms with Crippen LogP contribution >= 0.6 is 0 Å². The van der Waals surface area contributed by atoms with Gasteiger partial charge in [-0.2, -0.15) is 13.2 Å². The summed E-state index contributed by atoms with van der Waals surface area (Å²) in [6.45, 7) is 4.09. The van der Waals surface area contributed by atoms with Crippen LogP contribution in [0.3, 0.4) is 0 Å². The Bertz CT molecular complexity index is 361. The lowest BCUT2D eigenvalue weighted by Crippen LogP contribution is -2.61. The maximum Gasteiger partial charge on any atom is 0.417 e. The summed E-state index contributed by atoms with van der Waals surface area (Å²) >= 11 is 0. The molecule has 6 nitrogen and oxygen atoms in total. The van der Waals surface area contributed by atoms with Gasteiger partial charge in [-0.05, 0) is 27.2 Å². The molecule has 3 N–H and O–H groups in total. The zero-order valence-electron chi connectivity index (χ0n) is 12.2. The molecule has 0 fully saturated rings. The fourth-order valence-corrected chi connectivity index (χ4v) is 1.24. The number of carboxylic acid groups (broad SMARTS) is 1. The molecule has 124 valence electrons. The molecule has 0 aromatic carbocycles. The normalized spacial score (nSPS) is 14.8. The largest absolute Gasteiger partial charge is 0.480 e. The molecule has 0 rings (SSSR count). The molecule has 0 aromatic heterocycles. The molecule has 21 heavy (non-hydrogen) atoms. The Morgan fingerprint density at radius 1 is 1.29 bits per heavy atom. The van der Waals surface area contributed by atoms with E-state index in [1.54, 1.807) is 5.32 Å². The van der Waals surface area contributed by atoms with Crippen LogP contribution in [0.4, 0.5) is 13.2 Å². The average Bonchev–Trinajstić information content (AvgIpc) is 2.33. The van der Waals surface area contributed by atoms with Crippen LogP contribution in [0.2, 0.25) is 0 Å². The number of hydrogen-bond acceptors (Lipinski definition) is 4. The zero-order valence-corrected chi connectivity index (χ0v) is 12.2.